The van der Waals surface area contributed by atoms with Crippen LogP contribution < -0.4 is 10.5 Å². The number of methoxy groups -OCH3 is 1. The van der Waals surface area contributed by atoms with Gasteiger partial charge in [0, 0.05) is 11.1 Å². The van der Waals surface area contributed by atoms with E-state index in [2.05, 4.69) is 0 Å². The van der Waals surface area contributed by atoms with Gasteiger partial charge in [-0.05, 0) is 25.3 Å². The van der Waals surface area contributed by atoms with Crippen LogP contribution in [0.2, 0.25) is 0 Å². The zero-order valence-electron chi connectivity index (χ0n) is 9.17. The third-order valence-electron chi connectivity index (χ3n) is 3.27. The van der Waals surface area contributed by atoms with E-state index in [1.54, 1.807) is 12.1 Å². The molecule has 88 valence electrons. The van der Waals surface area contributed by atoms with Crippen molar-refractivity contribution < 1.29 is 13.5 Å². The maximum Gasteiger partial charge on any atom is 0.267 e. The highest BCUT2D eigenvalue weighted by Gasteiger charge is 2.37. The van der Waals surface area contributed by atoms with Crippen molar-refractivity contribution in [2.45, 2.75) is 31.2 Å². The number of hydrogen-bond acceptors (Lipinski definition) is 2. The molecule has 2 N–H and O–H groups in total. The van der Waals surface area contributed by atoms with Crippen molar-refractivity contribution in [1.29, 1.82) is 0 Å². The monoisotopic (exact) mass is 227 g/mol. The summed E-state index contributed by atoms with van der Waals surface area (Å²) in [6, 6.07) is 4.78. The molecule has 0 atom stereocenters. The zero-order valence-corrected chi connectivity index (χ0v) is 9.17. The van der Waals surface area contributed by atoms with Crippen molar-refractivity contribution in [1.82, 2.24) is 0 Å². The first-order valence-corrected chi connectivity index (χ1v) is 5.33. The first-order valence-electron chi connectivity index (χ1n) is 5.33. The summed E-state index contributed by atoms with van der Waals surface area (Å²) < 4.78 is 30.7. The Balaban J connectivity index is 2.48. The Kier molecular flexibility index (Phi) is 2.84. The molecular formula is C12H15F2NO. The van der Waals surface area contributed by atoms with Crippen molar-refractivity contribution in [3.63, 3.8) is 0 Å². The lowest BCUT2D eigenvalue weighted by Crippen LogP contribution is -2.43. The van der Waals surface area contributed by atoms with E-state index in [4.69, 9.17) is 10.5 Å². The number of nitrogens with two attached hydrogens (primary N) is 1. The van der Waals surface area contributed by atoms with E-state index in [0.29, 0.717) is 5.56 Å². The Morgan fingerprint density at radius 1 is 1.38 bits per heavy atom. The van der Waals surface area contributed by atoms with Gasteiger partial charge in [0.15, 0.2) is 0 Å². The summed E-state index contributed by atoms with van der Waals surface area (Å²) in [7, 11) is 1.41. The summed E-state index contributed by atoms with van der Waals surface area (Å²) in [5.41, 5.74) is 6.30. The van der Waals surface area contributed by atoms with Crippen LogP contribution in [0.4, 0.5) is 8.78 Å². The van der Waals surface area contributed by atoms with Crippen LogP contribution in [0.1, 0.15) is 36.8 Å². The maximum absolute atomic E-state index is 12.8. The highest BCUT2D eigenvalue weighted by atomic mass is 19.3. The molecule has 1 fully saturated rings. The molecule has 0 aromatic heterocycles. The Bertz CT molecular complexity index is 389. The van der Waals surface area contributed by atoms with Gasteiger partial charge in [-0.2, -0.15) is 0 Å². The van der Waals surface area contributed by atoms with Crippen LogP contribution in [0.25, 0.3) is 0 Å². The van der Waals surface area contributed by atoms with E-state index in [1.807, 2.05) is 0 Å². The second kappa shape index (κ2) is 4.01. The zero-order chi connectivity index (χ0) is 11.8. The number of rotatable bonds is 3. The van der Waals surface area contributed by atoms with Crippen LogP contribution in [-0.2, 0) is 5.54 Å². The van der Waals surface area contributed by atoms with Crippen molar-refractivity contribution >= 4 is 0 Å². The Morgan fingerprint density at radius 3 is 2.50 bits per heavy atom. The molecule has 1 aromatic rings. The second-order valence-electron chi connectivity index (χ2n) is 4.24. The Hall–Kier alpha value is -1.16. The number of alkyl halides is 2. The molecule has 16 heavy (non-hydrogen) atoms. The lowest BCUT2D eigenvalue weighted by molar-refractivity contribution is 0.145. The fourth-order valence-corrected chi connectivity index (χ4v) is 2.17. The summed E-state index contributed by atoms with van der Waals surface area (Å²) in [5.74, 6) is 0.250. The summed E-state index contributed by atoms with van der Waals surface area (Å²) in [4.78, 5) is 0. The quantitative estimate of drug-likeness (QED) is 0.861. The number of hydrogen-bond donors (Lipinski definition) is 1. The second-order valence-corrected chi connectivity index (χ2v) is 4.24. The van der Waals surface area contributed by atoms with Crippen molar-refractivity contribution in [2.24, 2.45) is 5.73 Å². The molecule has 1 aliphatic rings. The Labute approximate surface area is 93.4 Å². The van der Waals surface area contributed by atoms with E-state index in [1.165, 1.54) is 13.2 Å². The topological polar surface area (TPSA) is 35.2 Å². The maximum atomic E-state index is 12.8. The van der Waals surface area contributed by atoms with Crippen molar-refractivity contribution in [3.05, 3.63) is 29.3 Å². The van der Waals surface area contributed by atoms with Crippen LogP contribution in [0.3, 0.4) is 0 Å². The molecule has 0 aliphatic heterocycles. The van der Waals surface area contributed by atoms with E-state index in [-0.39, 0.29) is 11.3 Å². The van der Waals surface area contributed by atoms with Crippen molar-refractivity contribution in [2.75, 3.05) is 7.11 Å². The minimum atomic E-state index is -2.53. The van der Waals surface area contributed by atoms with E-state index >= 15 is 0 Å². The van der Waals surface area contributed by atoms with Crippen LogP contribution in [0.5, 0.6) is 5.75 Å². The molecule has 1 aliphatic carbocycles. The fourth-order valence-electron chi connectivity index (χ4n) is 2.17. The van der Waals surface area contributed by atoms with Crippen LogP contribution in [-0.4, -0.2) is 7.11 Å². The standard InChI is InChI=1S/C12H15F2NO/c1-16-10-8(11(13)14)4-2-5-9(10)12(15)6-3-7-12/h2,4-5,11H,3,6-7,15H2,1H3. The minimum Gasteiger partial charge on any atom is -0.496 e. The average Bonchev–Trinajstić information content (AvgIpc) is 2.24. The normalized spacial score (nSPS) is 18.3. The summed E-state index contributed by atoms with van der Waals surface area (Å²) in [5, 5.41) is 0. The van der Waals surface area contributed by atoms with Gasteiger partial charge in [0.1, 0.15) is 5.75 Å². The van der Waals surface area contributed by atoms with Gasteiger partial charge in [-0.1, -0.05) is 12.1 Å². The van der Waals surface area contributed by atoms with E-state index in [0.717, 1.165) is 19.3 Å². The highest BCUT2D eigenvalue weighted by Crippen LogP contribution is 2.45. The molecular weight excluding hydrogens is 212 g/mol. The third-order valence-corrected chi connectivity index (χ3v) is 3.27. The molecule has 4 heteroatoms. The van der Waals surface area contributed by atoms with Crippen LogP contribution in [0, 0.1) is 0 Å². The molecule has 1 saturated carbocycles. The van der Waals surface area contributed by atoms with Gasteiger partial charge in [0.25, 0.3) is 6.43 Å². The van der Waals surface area contributed by atoms with Gasteiger partial charge >= 0.3 is 0 Å². The molecule has 0 radical (unpaired) electrons. The largest absolute Gasteiger partial charge is 0.496 e. The summed E-state index contributed by atoms with van der Waals surface area (Å²) >= 11 is 0. The van der Waals surface area contributed by atoms with Gasteiger partial charge in [-0.15, -0.1) is 0 Å². The van der Waals surface area contributed by atoms with Gasteiger partial charge in [0.2, 0.25) is 0 Å². The predicted molar refractivity (Wildman–Crippen MR) is 57.7 cm³/mol. The number of para-hydroxylation sites is 1. The molecule has 2 nitrogen and oxygen atoms in total. The Morgan fingerprint density at radius 2 is 2.06 bits per heavy atom. The number of benzene rings is 1. The molecule has 1 aromatic carbocycles. The SMILES string of the molecule is COc1c(C(F)F)cccc1C1(N)CCC1. The molecule has 0 spiro atoms. The third kappa shape index (κ3) is 1.67. The van der Waals surface area contributed by atoms with Crippen LogP contribution in [0.15, 0.2) is 18.2 Å². The molecule has 2 rings (SSSR count). The lowest BCUT2D eigenvalue weighted by Gasteiger charge is -2.39. The number of halogens is 2. The average molecular weight is 227 g/mol. The molecule has 0 heterocycles. The first kappa shape index (κ1) is 11.3. The van der Waals surface area contributed by atoms with E-state index < -0.39 is 12.0 Å². The first-order chi connectivity index (χ1) is 7.58. The van der Waals surface area contributed by atoms with E-state index in [9.17, 15) is 8.78 Å². The van der Waals surface area contributed by atoms with Crippen molar-refractivity contribution in [3.8, 4) is 5.75 Å². The smallest absolute Gasteiger partial charge is 0.267 e. The molecule has 0 saturated heterocycles. The van der Waals surface area contributed by atoms with Crippen LogP contribution >= 0.6 is 0 Å². The highest BCUT2D eigenvalue weighted by molar-refractivity contribution is 5.47. The summed E-state index contributed by atoms with van der Waals surface area (Å²) in [6.45, 7) is 0. The minimum absolute atomic E-state index is 0.0725. The van der Waals surface area contributed by atoms with Gasteiger partial charge in [0.05, 0.1) is 12.7 Å². The predicted octanol–water partition coefficient (Wildman–Crippen LogP) is 2.97. The molecule has 0 unspecified atom stereocenters. The van der Waals surface area contributed by atoms with Gasteiger partial charge < -0.3 is 10.5 Å². The molecule has 0 amide bonds. The number of ether oxygens (including phenoxy) is 1. The molecule has 0 bridgehead atoms. The summed E-state index contributed by atoms with van der Waals surface area (Å²) in [6.07, 6.45) is 0.170. The van der Waals surface area contributed by atoms with Gasteiger partial charge in [-0.3, -0.25) is 0 Å². The van der Waals surface area contributed by atoms with Gasteiger partial charge in [-0.25, -0.2) is 8.78 Å². The lowest BCUT2D eigenvalue weighted by atomic mass is 9.72. The fraction of sp³-hybridized carbons (Fsp3) is 0.500.